The Morgan fingerprint density at radius 3 is 2.42 bits per heavy atom. The standard InChI is InChI=1S/C24H25NO7S/c1-29-23(27)14-22-25(21(26)17-33-22)12-5-13-30-24(28)16-32-20-10-8-19(9-11-20)31-15-18-6-3-2-4-7-18/h2-4,6-11,14H,5,12-13,15-17H2,1H3/b22-14+. The molecule has 0 radical (unpaired) electrons. The van der Waals surface area contributed by atoms with E-state index in [1.54, 1.807) is 24.3 Å². The molecule has 0 spiro atoms. The summed E-state index contributed by atoms with van der Waals surface area (Å²) in [6, 6.07) is 16.8. The molecular formula is C24H25NO7S. The van der Waals surface area contributed by atoms with E-state index in [0.717, 1.165) is 5.56 Å². The monoisotopic (exact) mass is 471 g/mol. The van der Waals surface area contributed by atoms with E-state index >= 15 is 0 Å². The third-order valence-electron chi connectivity index (χ3n) is 4.57. The Hall–Kier alpha value is -3.46. The number of methoxy groups -OCH3 is 1. The van der Waals surface area contributed by atoms with Gasteiger partial charge in [0.1, 0.15) is 18.1 Å². The minimum absolute atomic E-state index is 0.0963. The summed E-state index contributed by atoms with van der Waals surface area (Å²) in [5.74, 6) is 0.372. The molecule has 1 saturated heterocycles. The maximum Gasteiger partial charge on any atom is 0.344 e. The molecular weight excluding hydrogens is 446 g/mol. The number of benzene rings is 2. The minimum atomic E-state index is -0.517. The summed E-state index contributed by atoms with van der Waals surface area (Å²) in [5.41, 5.74) is 1.07. The van der Waals surface area contributed by atoms with Crippen LogP contribution in [-0.4, -0.2) is 55.4 Å². The van der Waals surface area contributed by atoms with Gasteiger partial charge >= 0.3 is 11.9 Å². The second-order valence-electron chi connectivity index (χ2n) is 6.95. The van der Waals surface area contributed by atoms with Gasteiger partial charge in [-0.15, -0.1) is 0 Å². The van der Waals surface area contributed by atoms with Crippen molar-refractivity contribution in [3.8, 4) is 11.5 Å². The average molecular weight is 472 g/mol. The van der Waals surface area contributed by atoms with Crippen LogP contribution in [-0.2, 0) is 30.5 Å². The maximum atomic E-state index is 12.0. The molecule has 0 N–H and O–H groups in total. The molecule has 0 saturated carbocycles. The highest BCUT2D eigenvalue weighted by Crippen LogP contribution is 2.28. The number of ether oxygens (including phenoxy) is 4. The van der Waals surface area contributed by atoms with E-state index in [1.807, 2.05) is 30.3 Å². The second-order valence-corrected chi connectivity index (χ2v) is 7.94. The Morgan fingerprint density at radius 1 is 1.03 bits per heavy atom. The molecule has 0 bridgehead atoms. The van der Waals surface area contributed by atoms with Gasteiger partial charge in [0.15, 0.2) is 6.61 Å². The van der Waals surface area contributed by atoms with Crippen LogP contribution in [0.1, 0.15) is 12.0 Å². The fourth-order valence-corrected chi connectivity index (χ4v) is 3.85. The van der Waals surface area contributed by atoms with Crippen LogP contribution in [0.4, 0.5) is 0 Å². The average Bonchev–Trinajstić information content (AvgIpc) is 3.19. The molecule has 1 amide bonds. The lowest BCUT2D eigenvalue weighted by molar-refractivity contribution is -0.146. The molecule has 174 valence electrons. The van der Waals surface area contributed by atoms with Crippen LogP contribution in [0.15, 0.2) is 65.7 Å². The van der Waals surface area contributed by atoms with E-state index in [4.69, 9.17) is 14.2 Å². The van der Waals surface area contributed by atoms with Crippen molar-refractivity contribution in [2.45, 2.75) is 13.0 Å². The van der Waals surface area contributed by atoms with Crippen molar-refractivity contribution < 1.29 is 33.3 Å². The fourth-order valence-electron chi connectivity index (χ4n) is 2.89. The summed E-state index contributed by atoms with van der Waals surface area (Å²) in [5, 5.41) is 0.540. The lowest BCUT2D eigenvalue weighted by atomic mass is 10.2. The van der Waals surface area contributed by atoms with Gasteiger partial charge in [-0.1, -0.05) is 42.1 Å². The first kappa shape index (κ1) is 24.2. The highest BCUT2D eigenvalue weighted by atomic mass is 32.2. The van der Waals surface area contributed by atoms with Crippen molar-refractivity contribution in [3.63, 3.8) is 0 Å². The van der Waals surface area contributed by atoms with Crippen LogP contribution < -0.4 is 9.47 Å². The number of carbonyl (C=O) groups is 3. The quantitative estimate of drug-likeness (QED) is 0.280. The summed E-state index contributed by atoms with van der Waals surface area (Å²) in [6.45, 7) is 0.715. The Morgan fingerprint density at radius 2 is 1.73 bits per heavy atom. The lowest BCUT2D eigenvalue weighted by Gasteiger charge is -2.16. The second kappa shape index (κ2) is 12.5. The van der Waals surface area contributed by atoms with Gasteiger partial charge in [-0.2, -0.15) is 0 Å². The summed E-state index contributed by atoms with van der Waals surface area (Å²) in [7, 11) is 1.28. The minimum Gasteiger partial charge on any atom is -0.489 e. The van der Waals surface area contributed by atoms with E-state index in [9.17, 15) is 14.4 Å². The molecule has 1 heterocycles. The number of thioether (sulfide) groups is 1. The molecule has 0 atom stereocenters. The van der Waals surface area contributed by atoms with E-state index < -0.39 is 11.9 Å². The molecule has 1 fully saturated rings. The molecule has 0 aromatic heterocycles. The summed E-state index contributed by atoms with van der Waals surface area (Å²) in [6.07, 6.45) is 1.72. The molecule has 2 aromatic carbocycles. The van der Waals surface area contributed by atoms with Crippen LogP contribution in [0.25, 0.3) is 0 Å². The predicted molar refractivity (Wildman–Crippen MR) is 123 cm³/mol. The zero-order chi connectivity index (χ0) is 23.5. The highest BCUT2D eigenvalue weighted by molar-refractivity contribution is 8.04. The van der Waals surface area contributed by atoms with Crippen molar-refractivity contribution >= 4 is 29.6 Å². The Bertz CT molecular complexity index is 976. The lowest BCUT2D eigenvalue weighted by Crippen LogP contribution is -2.27. The van der Waals surface area contributed by atoms with Crippen LogP contribution in [0.3, 0.4) is 0 Å². The van der Waals surface area contributed by atoms with Gasteiger partial charge in [0.05, 0.1) is 30.6 Å². The van der Waals surface area contributed by atoms with Gasteiger partial charge in [0, 0.05) is 6.54 Å². The first-order valence-electron chi connectivity index (χ1n) is 10.3. The highest BCUT2D eigenvalue weighted by Gasteiger charge is 2.27. The number of rotatable bonds is 11. The van der Waals surface area contributed by atoms with Crippen LogP contribution in [0.2, 0.25) is 0 Å². The number of carbonyl (C=O) groups excluding carboxylic acids is 3. The zero-order valence-corrected chi connectivity index (χ0v) is 19.0. The molecule has 9 heteroatoms. The molecule has 1 aliphatic heterocycles. The largest absolute Gasteiger partial charge is 0.489 e. The van der Waals surface area contributed by atoms with Gasteiger partial charge < -0.3 is 23.8 Å². The number of amides is 1. The normalized spacial score (nSPS) is 14.3. The van der Waals surface area contributed by atoms with Crippen molar-refractivity contribution in [2.75, 3.05) is 32.6 Å². The first-order chi connectivity index (χ1) is 16.0. The molecule has 33 heavy (non-hydrogen) atoms. The van der Waals surface area contributed by atoms with Gasteiger partial charge in [-0.25, -0.2) is 9.59 Å². The number of hydrogen-bond donors (Lipinski definition) is 0. The molecule has 0 unspecified atom stereocenters. The van der Waals surface area contributed by atoms with Gasteiger partial charge in [-0.05, 0) is 36.2 Å². The number of esters is 2. The van der Waals surface area contributed by atoms with Gasteiger partial charge in [-0.3, -0.25) is 4.79 Å². The molecule has 1 aliphatic rings. The molecule has 8 nitrogen and oxygen atoms in total. The third kappa shape index (κ3) is 7.87. The summed E-state index contributed by atoms with van der Waals surface area (Å²) >= 11 is 1.28. The van der Waals surface area contributed by atoms with Crippen molar-refractivity contribution in [3.05, 3.63) is 71.3 Å². The molecule has 3 rings (SSSR count). The van der Waals surface area contributed by atoms with E-state index in [1.165, 1.54) is 29.8 Å². The van der Waals surface area contributed by atoms with E-state index in [-0.39, 0.29) is 24.9 Å². The first-order valence-corrected chi connectivity index (χ1v) is 11.3. The summed E-state index contributed by atoms with van der Waals surface area (Å²) < 4.78 is 20.9. The van der Waals surface area contributed by atoms with Crippen LogP contribution in [0, 0.1) is 0 Å². The van der Waals surface area contributed by atoms with Crippen LogP contribution in [0.5, 0.6) is 11.5 Å². The Kier molecular flexibility index (Phi) is 9.19. The van der Waals surface area contributed by atoms with Crippen molar-refractivity contribution in [2.24, 2.45) is 0 Å². The Labute approximate surface area is 196 Å². The smallest absolute Gasteiger partial charge is 0.344 e. The fraction of sp³-hybridized carbons (Fsp3) is 0.292. The van der Waals surface area contributed by atoms with Crippen LogP contribution >= 0.6 is 11.8 Å². The Balaban J connectivity index is 1.33. The summed E-state index contributed by atoms with van der Waals surface area (Å²) in [4.78, 5) is 36.8. The zero-order valence-electron chi connectivity index (χ0n) is 18.2. The van der Waals surface area contributed by atoms with Gasteiger partial charge in [0.2, 0.25) is 5.91 Å². The van der Waals surface area contributed by atoms with Crippen molar-refractivity contribution in [1.29, 1.82) is 0 Å². The predicted octanol–water partition coefficient (Wildman–Crippen LogP) is 3.17. The third-order valence-corrected chi connectivity index (χ3v) is 5.60. The van der Waals surface area contributed by atoms with E-state index in [2.05, 4.69) is 4.74 Å². The van der Waals surface area contributed by atoms with Crippen molar-refractivity contribution in [1.82, 2.24) is 4.90 Å². The number of hydrogen-bond acceptors (Lipinski definition) is 8. The molecule has 0 aliphatic carbocycles. The van der Waals surface area contributed by atoms with Gasteiger partial charge in [0.25, 0.3) is 0 Å². The van der Waals surface area contributed by atoms with E-state index in [0.29, 0.717) is 36.1 Å². The topological polar surface area (TPSA) is 91.4 Å². The number of nitrogens with zero attached hydrogens (tertiary/aromatic N) is 1. The maximum absolute atomic E-state index is 12.0. The SMILES string of the molecule is COC(=O)/C=C1/SCC(=O)N1CCCOC(=O)COc1ccc(OCc2ccccc2)cc1. The molecule has 2 aromatic rings.